The van der Waals surface area contributed by atoms with Gasteiger partial charge in [-0.15, -0.1) is 10.2 Å². The van der Waals surface area contributed by atoms with Crippen LogP contribution >= 0.6 is 11.3 Å². The number of hydrogen-bond donors (Lipinski definition) is 1. The summed E-state index contributed by atoms with van der Waals surface area (Å²) in [6.07, 6.45) is 0.191. The zero-order valence-electron chi connectivity index (χ0n) is 10.7. The third kappa shape index (κ3) is 3.82. The Bertz CT molecular complexity index is 566. The van der Waals surface area contributed by atoms with Gasteiger partial charge in [-0.1, -0.05) is 37.3 Å². The second-order valence-corrected chi connectivity index (χ2v) is 5.46. The standard InChI is InChI=1S/C13H14FN3OS/c1-8(2)12-16-17-13(19-12)15-11(18)7-9-3-5-10(14)6-4-9/h3-6,8H,7H2,1-2H3,(H,15,17,18). The first-order valence-corrected chi connectivity index (χ1v) is 6.74. The maximum Gasteiger partial charge on any atom is 0.230 e. The Morgan fingerprint density at radius 2 is 2.00 bits per heavy atom. The fourth-order valence-electron chi connectivity index (χ4n) is 1.47. The summed E-state index contributed by atoms with van der Waals surface area (Å²) in [6.45, 7) is 4.04. The molecule has 0 aliphatic heterocycles. The van der Waals surface area contributed by atoms with Crippen LogP contribution in [-0.4, -0.2) is 16.1 Å². The highest BCUT2D eigenvalue weighted by atomic mass is 32.1. The molecule has 19 heavy (non-hydrogen) atoms. The molecule has 0 saturated heterocycles. The fraction of sp³-hybridized carbons (Fsp3) is 0.308. The Kier molecular flexibility index (Phi) is 4.21. The van der Waals surface area contributed by atoms with Crippen molar-refractivity contribution in [3.8, 4) is 0 Å². The molecule has 1 aromatic carbocycles. The number of nitrogens with one attached hydrogen (secondary N) is 1. The average molecular weight is 279 g/mol. The van der Waals surface area contributed by atoms with Gasteiger partial charge in [0.25, 0.3) is 0 Å². The molecule has 0 unspecified atom stereocenters. The number of rotatable bonds is 4. The minimum atomic E-state index is -0.310. The quantitative estimate of drug-likeness (QED) is 0.936. The zero-order valence-corrected chi connectivity index (χ0v) is 11.5. The molecule has 100 valence electrons. The van der Waals surface area contributed by atoms with Crippen LogP contribution in [0.1, 0.15) is 30.3 Å². The van der Waals surface area contributed by atoms with Crippen LogP contribution in [0.5, 0.6) is 0 Å². The van der Waals surface area contributed by atoms with Gasteiger partial charge in [0.15, 0.2) is 0 Å². The Morgan fingerprint density at radius 1 is 1.32 bits per heavy atom. The summed E-state index contributed by atoms with van der Waals surface area (Å²) in [5.74, 6) is -0.201. The van der Waals surface area contributed by atoms with Crippen molar-refractivity contribution in [2.45, 2.75) is 26.2 Å². The molecule has 0 bridgehead atoms. The highest BCUT2D eigenvalue weighted by molar-refractivity contribution is 7.15. The lowest BCUT2D eigenvalue weighted by molar-refractivity contribution is -0.115. The molecule has 0 aliphatic rings. The second kappa shape index (κ2) is 5.88. The summed E-state index contributed by atoms with van der Waals surface area (Å²) in [5.41, 5.74) is 0.757. The van der Waals surface area contributed by atoms with Crippen molar-refractivity contribution >= 4 is 22.4 Å². The molecule has 0 radical (unpaired) electrons. The molecule has 1 amide bonds. The number of aromatic nitrogens is 2. The first-order valence-electron chi connectivity index (χ1n) is 5.92. The van der Waals surface area contributed by atoms with Gasteiger partial charge < -0.3 is 5.32 Å². The predicted molar refractivity (Wildman–Crippen MR) is 72.7 cm³/mol. The molecule has 0 aliphatic carbocycles. The van der Waals surface area contributed by atoms with Gasteiger partial charge in [-0.25, -0.2) is 4.39 Å². The Morgan fingerprint density at radius 3 is 2.58 bits per heavy atom. The molecule has 0 atom stereocenters. The third-order valence-electron chi connectivity index (χ3n) is 2.46. The van der Waals surface area contributed by atoms with Crippen molar-refractivity contribution < 1.29 is 9.18 Å². The number of anilines is 1. The Hall–Kier alpha value is -1.82. The van der Waals surface area contributed by atoms with Crippen molar-refractivity contribution in [3.05, 3.63) is 40.7 Å². The monoisotopic (exact) mass is 279 g/mol. The van der Waals surface area contributed by atoms with Crippen molar-refractivity contribution in [2.75, 3.05) is 5.32 Å². The van der Waals surface area contributed by atoms with E-state index in [0.29, 0.717) is 11.0 Å². The van der Waals surface area contributed by atoms with E-state index in [1.807, 2.05) is 13.8 Å². The summed E-state index contributed by atoms with van der Waals surface area (Å²) in [5, 5.41) is 12.0. The number of nitrogens with zero attached hydrogens (tertiary/aromatic N) is 2. The van der Waals surface area contributed by atoms with Crippen LogP contribution < -0.4 is 5.32 Å². The number of amides is 1. The van der Waals surface area contributed by atoms with Crippen LogP contribution in [0.25, 0.3) is 0 Å². The van der Waals surface area contributed by atoms with Gasteiger partial charge in [-0.3, -0.25) is 4.79 Å². The van der Waals surface area contributed by atoms with Crippen molar-refractivity contribution in [1.82, 2.24) is 10.2 Å². The zero-order chi connectivity index (χ0) is 13.8. The summed E-state index contributed by atoms with van der Waals surface area (Å²) in [4.78, 5) is 11.8. The molecular weight excluding hydrogens is 265 g/mol. The largest absolute Gasteiger partial charge is 0.300 e. The minimum Gasteiger partial charge on any atom is -0.300 e. The summed E-state index contributed by atoms with van der Waals surface area (Å²) in [6, 6.07) is 5.86. The van der Waals surface area contributed by atoms with Crippen LogP contribution in [0, 0.1) is 5.82 Å². The predicted octanol–water partition coefficient (Wildman–Crippen LogP) is 2.98. The molecule has 1 heterocycles. The lowest BCUT2D eigenvalue weighted by atomic mass is 10.1. The SMILES string of the molecule is CC(C)c1nnc(NC(=O)Cc2ccc(F)cc2)s1. The van der Waals surface area contributed by atoms with E-state index in [2.05, 4.69) is 15.5 Å². The molecule has 6 heteroatoms. The summed E-state index contributed by atoms with van der Waals surface area (Å²) < 4.78 is 12.7. The molecule has 0 saturated carbocycles. The molecule has 0 spiro atoms. The van der Waals surface area contributed by atoms with Crippen LogP contribution in [0.15, 0.2) is 24.3 Å². The van der Waals surface area contributed by atoms with E-state index in [0.717, 1.165) is 10.6 Å². The number of halogens is 1. The van der Waals surface area contributed by atoms with Gasteiger partial charge in [0.1, 0.15) is 10.8 Å². The highest BCUT2D eigenvalue weighted by Gasteiger charge is 2.10. The lowest BCUT2D eigenvalue weighted by Crippen LogP contribution is -2.14. The molecule has 1 N–H and O–H groups in total. The molecule has 4 nitrogen and oxygen atoms in total. The van der Waals surface area contributed by atoms with Crippen molar-refractivity contribution in [2.24, 2.45) is 0 Å². The van der Waals surface area contributed by atoms with E-state index in [9.17, 15) is 9.18 Å². The van der Waals surface area contributed by atoms with Gasteiger partial charge >= 0.3 is 0 Å². The van der Waals surface area contributed by atoms with E-state index < -0.39 is 0 Å². The van der Waals surface area contributed by atoms with Gasteiger partial charge in [-0.05, 0) is 17.7 Å². The number of carbonyl (C=O) groups is 1. The van der Waals surface area contributed by atoms with Gasteiger partial charge in [0, 0.05) is 5.92 Å². The smallest absolute Gasteiger partial charge is 0.230 e. The van der Waals surface area contributed by atoms with Gasteiger partial charge in [0.2, 0.25) is 11.0 Å². The second-order valence-electron chi connectivity index (χ2n) is 4.45. The molecular formula is C13H14FN3OS. The van der Waals surface area contributed by atoms with Crippen LogP contribution in [-0.2, 0) is 11.2 Å². The first-order chi connectivity index (χ1) is 9.04. The maximum atomic E-state index is 12.7. The summed E-state index contributed by atoms with van der Waals surface area (Å²) >= 11 is 1.37. The van der Waals surface area contributed by atoms with Crippen LogP contribution in [0.2, 0.25) is 0 Å². The minimum absolute atomic E-state index is 0.182. The molecule has 2 rings (SSSR count). The first kappa shape index (κ1) is 13.6. The van der Waals surface area contributed by atoms with Crippen molar-refractivity contribution in [3.63, 3.8) is 0 Å². The van der Waals surface area contributed by atoms with E-state index in [-0.39, 0.29) is 18.1 Å². The number of hydrogen-bond acceptors (Lipinski definition) is 4. The average Bonchev–Trinajstić information content (AvgIpc) is 2.80. The van der Waals surface area contributed by atoms with E-state index in [1.54, 1.807) is 12.1 Å². The van der Waals surface area contributed by atoms with Crippen LogP contribution in [0.4, 0.5) is 9.52 Å². The van der Waals surface area contributed by atoms with Crippen molar-refractivity contribution in [1.29, 1.82) is 0 Å². The Labute approximate surface area is 114 Å². The molecule has 1 aromatic heterocycles. The lowest BCUT2D eigenvalue weighted by Gasteiger charge is -2.01. The van der Waals surface area contributed by atoms with Crippen LogP contribution in [0.3, 0.4) is 0 Å². The third-order valence-corrected chi connectivity index (χ3v) is 3.60. The Balaban J connectivity index is 1.95. The van der Waals surface area contributed by atoms with E-state index in [4.69, 9.17) is 0 Å². The number of carbonyl (C=O) groups excluding carboxylic acids is 1. The maximum absolute atomic E-state index is 12.7. The van der Waals surface area contributed by atoms with E-state index >= 15 is 0 Å². The summed E-state index contributed by atoms with van der Waals surface area (Å²) in [7, 11) is 0. The van der Waals surface area contributed by atoms with Gasteiger partial charge in [-0.2, -0.15) is 0 Å². The fourth-order valence-corrected chi connectivity index (χ4v) is 2.23. The molecule has 2 aromatic rings. The number of benzene rings is 1. The topological polar surface area (TPSA) is 54.9 Å². The highest BCUT2D eigenvalue weighted by Crippen LogP contribution is 2.22. The van der Waals surface area contributed by atoms with E-state index in [1.165, 1.54) is 23.5 Å². The molecule has 0 fully saturated rings. The van der Waals surface area contributed by atoms with Gasteiger partial charge in [0.05, 0.1) is 6.42 Å². The normalized spacial score (nSPS) is 10.7.